The lowest BCUT2D eigenvalue weighted by molar-refractivity contribution is 1.47. The molecular formula is C16H9Br2Cl2N3. The summed E-state index contributed by atoms with van der Waals surface area (Å²) >= 11 is 18.7. The lowest BCUT2D eigenvalue weighted by atomic mass is 10.3. The van der Waals surface area contributed by atoms with Gasteiger partial charge in [0, 0.05) is 27.0 Å². The number of hydrogen-bond donors (Lipinski definition) is 1. The Bertz CT molecular complexity index is 827. The van der Waals surface area contributed by atoms with Crippen molar-refractivity contribution in [3.8, 4) is 6.07 Å². The van der Waals surface area contributed by atoms with E-state index in [2.05, 4.69) is 48.2 Å². The Morgan fingerprint density at radius 2 is 1.74 bits per heavy atom. The van der Waals surface area contributed by atoms with Crippen LogP contribution in [0.15, 0.2) is 62.1 Å². The van der Waals surface area contributed by atoms with Gasteiger partial charge in [0.15, 0.2) is 0 Å². The van der Waals surface area contributed by atoms with Crippen molar-refractivity contribution in [1.82, 2.24) is 0 Å². The molecular weight excluding hydrogens is 465 g/mol. The first kappa shape index (κ1) is 18.0. The summed E-state index contributed by atoms with van der Waals surface area (Å²) in [6, 6.07) is 12.8. The van der Waals surface area contributed by atoms with E-state index >= 15 is 0 Å². The molecule has 2 aromatic rings. The van der Waals surface area contributed by atoms with Crippen LogP contribution in [-0.4, -0.2) is 6.21 Å². The molecule has 0 fully saturated rings. The standard InChI is InChI=1S/C16H9Br2Cl2N3/c17-13-3-1-11(5-15(13)19)22-8-10(7-21)9-23-12-2-4-14(18)16(20)6-12/h1-6,8-9,22H/b10-8+,23-9?. The fourth-order valence-corrected chi connectivity index (χ4v) is 2.40. The molecule has 7 heteroatoms. The number of nitrogens with zero attached hydrogens (tertiary/aromatic N) is 2. The number of rotatable bonds is 4. The molecule has 0 aliphatic carbocycles. The Morgan fingerprint density at radius 1 is 1.09 bits per heavy atom. The lowest BCUT2D eigenvalue weighted by Crippen LogP contribution is -1.92. The zero-order chi connectivity index (χ0) is 16.8. The highest BCUT2D eigenvalue weighted by atomic mass is 79.9. The first-order valence-corrected chi connectivity index (χ1v) is 8.65. The minimum absolute atomic E-state index is 0.364. The molecule has 3 nitrogen and oxygen atoms in total. The second kappa shape index (κ2) is 8.51. The number of halogens is 4. The number of aliphatic imine (C=N–C) groups is 1. The van der Waals surface area contributed by atoms with Gasteiger partial charge in [-0.15, -0.1) is 0 Å². The molecule has 2 rings (SSSR count). The van der Waals surface area contributed by atoms with Gasteiger partial charge in [0.1, 0.15) is 6.07 Å². The quantitative estimate of drug-likeness (QED) is 0.395. The van der Waals surface area contributed by atoms with E-state index in [1.54, 1.807) is 30.5 Å². The van der Waals surface area contributed by atoms with Crippen molar-refractivity contribution in [2.24, 2.45) is 4.99 Å². The van der Waals surface area contributed by atoms with Crippen molar-refractivity contribution in [1.29, 1.82) is 5.26 Å². The zero-order valence-electron chi connectivity index (χ0n) is 11.5. The van der Waals surface area contributed by atoms with Crippen molar-refractivity contribution >= 4 is 72.7 Å². The maximum absolute atomic E-state index is 9.16. The van der Waals surface area contributed by atoms with Crippen LogP contribution in [0.3, 0.4) is 0 Å². The smallest absolute Gasteiger partial charge is 0.102 e. The Morgan fingerprint density at radius 3 is 2.35 bits per heavy atom. The highest BCUT2D eigenvalue weighted by Gasteiger charge is 1.99. The summed E-state index contributed by atoms with van der Waals surface area (Å²) in [5.41, 5.74) is 1.79. The van der Waals surface area contributed by atoms with E-state index in [9.17, 15) is 0 Å². The Kier molecular flexibility index (Phi) is 6.67. The number of anilines is 1. The Hall–Kier alpha value is -1.32. The number of nitrogens with one attached hydrogen (secondary N) is 1. The van der Waals surface area contributed by atoms with Gasteiger partial charge in [-0.05, 0) is 68.3 Å². The molecule has 0 aliphatic rings. The van der Waals surface area contributed by atoms with Crippen molar-refractivity contribution in [2.45, 2.75) is 0 Å². The number of benzene rings is 2. The maximum atomic E-state index is 9.16. The molecule has 0 aliphatic heterocycles. The third-order valence-corrected chi connectivity index (χ3v) is 5.16. The average molecular weight is 474 g/mol. The minimum atomic E-state index is 0.364. The average Bonchev–Trinajstić information content (AvgIpc) is 2.54. The van der Waals surface area contributed by atoms with Crippen LogP contribution in [-0.2, 0) is 0 Å². The summed E-state index contributed by atoms with van der Waals surface area (Å²) in [5.74, 6) is 0. The Labute approximate surface area is 160 Å². The molecule has 0 atom stereocenters. The van der Waals surface area contributed by atoms with Gasteiger partial charge in [0.05, 0.1) is 21.3 Å². The van der Waals surface area contributed by atoms with Crippen LogP contribution in [0.1, 0.15) is 0 Å². The number of nitriles is 1. The van der Waals surface area contributed by atoms with E-state index in [0.29, 0.717) is 21.3 Å². The molecule has 0 radical (unpaired) electrons. The maximum Gasteiger partial charge on any atom is 0.102 e. The van der Waals surface area contributed by atoms with E-state index in [1.807, 2.05) is 12.1 Å². The number of allylic oxidation sites excluding steroid dienone is 1. The summed E-state index contributed by atoms with van der Waals surface area (Å²) in [6.07, 6.45) is 3.02. The molecule has 116 valence electrons. The molecule has 2 aromatic carbocycles. The molecule has 0 bridgehead atoms. The molecule has 1 N–H and O–H groups in total. The third-order valence-electron chi connectivity index (χ3n) is 2.70. The van der Waals surface area contributed by atoms with Gasteiger partial charge in [0.2, 0.25) is 0 Å². The Balaban J connectivity index is 2.12. The zero-order valence-corrected chi connectivity index (χ0v) is 16.2. The van der Waals surface area contributed by atoms with Crippen molar-refractivity contribution in [3.05, 3.63) is 67.2 Å². The molecule has 0 saturated carbocycles. The van der Waals surface area contributed by atoms with Crippen molar-refractivity contribution in [2.75, 3.05) is 5.32 Å². The first-order chi connectivity index (χ1) is 11.0. The molecule has 0 unspecified atom stereocenters. The predicted octanol–water partition coefficient (Wildman–Crippen LogP) is 6.74. The van der Waals surface area contributed by atoms with Crippen molar-refractivity contribution < 1.29 is 0 Å². The van der Waals surface area contributed by atoms with E-state index < -0.39 is 0 Å². The summed E-state index contributed by atoms with van der Waals surface area (Å²) < 4.78 is 1.60. The monoisotopic (exact) mass is 471 g/mol. The van der Waals surface area contributed by atoms with Crippen LogP contribution < -0.4 is 5.32 Å². The lowest BCUT2D eigenvalue weighted by Gasteiger charge is -2.03. The van der Waals surface area contributed by atoms with Gasteiger partial charge in [-0.2, -0.15) is 5.26 Å². The van der Waals surface area contributed by atoms with Crippen LogP contribution in [0.4, 0.5) is 11.4 Å². The topological polar surface area (TPSA) is 48.2 Å². The normalized spacial score (nSPS) is 11.5. The van der Waals surface area contributed by atoms with Gasteiger partial charge in [-0.1, -0.05) is 23.2 Å². The van der Waals surface area contributed by atoms with Crippen LogP contribution in [0.2, 0.25) is 10.0 Å². The second-order valence-corrected chi connectivity index (χ2v) is 6.86. The molecule has 0 heterocycles. The van der Waals surface area contributed by atoms with Crippen LogP contribution in [0.25, 0.3) is 0 Å². The van der Waals surface area contributed by atoms with E-state index in [0.717, 1.165) is 14.6 Å². The summed E-state index contributed by atoms with van der Waals surface area (Å²) in [6.45, 7) is 0. The van der Waals surface area contributed by atoms with E-state index in [4.69, 9.17) is 28.5 Å². The number of hydrogen-bond acceptors (Lipinski definition) is 3. The summed E-state index contributed by atoms with van der Waals surface area (Å²) in [4.78, 5) is 4.23. The highest BCUT2D eigenvalue weighted by Crippen LogP contribution is 2.27. The highest BCUT2D eigenvalue weighted by molar-refractivity contribution is 9.10. The van der Waals surface area contributed by atoms with Gasteiger partial charge >= 0.3 is 0 Å². The van der Waals surface area contributed by atoms with Crippen LogP contribution >= 0.6 is 55.1 Å². The molecule has 23 heavy (non-hydrogen) atoms. The van der Waals surface area contributed by atoms with Gasteiger partial charge in [-0.25, -0.2) is 0 Å². The van der Waals surface area contributed by atoms with Crippen molar-refractivity contribution in [3.63, 3.8) is 0 Å². The SMILES string of the molecule is N#C/C(C=Nc1ccc(Br)c(Cl)c1)=C\Nc1ccc(Br)c(Cl)c1. The van der Waals surface area contributed by atoms with Gasteiger partial charge in [0.25, 0.3) is 0 Å². The molecule has 0 spiro atoms. The summed E-state index contributed by atoms with van der Waals surface area (Å²) in [7, 11) is 0. The minimum Gasteiger partial charge on any atom is -0.360 e. The van der Waals surface area contributed by atoms with Gasteiger partial charge in [-0.3, -0.25) is 4.99 Å². The second-order valence-electron chi connectivity index (χ2n) is 4.34. The first-order valence-electron chi connectivity index (χ1n) is 6.30. The molecule has 0 amide bonds. The van der Waals surface area contributed by atoms with E-state index in [-0.39, 0.29) is 0 Å². The molecule has 0 aromatic heterocycles. The largest absolute Gasteiger partial charge is 0.360 e. The van der Waals surface area contributed by atoms with Crippen LogP contribution in [0.5, 0.6) is 0 Å². The fraction of sp³-hybridized carbons (Fsp3) is 0. The molecule has 0 saturated heterocycles. The van der Waals surface area contributed by atoms with E-state index in [1.165, 1.54) is 6.21 Å². The third kappa shape index (κ3) is 5.36. The predicted molar refractivity (Wildman–Crippen MR) is 104 cm³/mol. The fourth-order valence-electron chi connectivity index (χ4n) is 1.55. The summed E-state index contributed by atoms with van der Waals surface area (Å²) in [5, 5.41) is 13.3. The van der Waals surface area contributed by atoms with Crippen LogP contribution in [0, 0.1) is 11.3 Å². The van der Waals surface area contributed by atoms with Gasteiger partial charge < -0.3 is 5.32 Å².